The maximum Gasteiger partial charge on any atom is 0.195 e. The van der Waals surface area contributed by atoms with Crippen LogP contribution in [-0.2, 0) is 10.2 Å². The first-order chi connectivity index (χ1) is 15.6. The number of guanidine groups is 1. The molecule has 7 heteroatoms. The molecule has 174 valence electrons. The lowest BCUT2D eigenvalue weighted by Crippen LogP contribution is -2.46. The summed E-state index contributed by atoms with van der Waals surface area (Å²) in [7, 11) is 3.41. The average Bonchev–Trinajstić information content (AvgIpc) is 2.83. The van der Waals surface area contributed by atoms with Gasteiger partial charge in [0.1, 0.15) is 5.75 Å². The second-order valence-corrected chi connectivity index (χ2v) is 7.70. The monoisotopic (exact) mass is 441 g/mol. The van der Waals surface area contributed by atoms with Crippen LogP contribution in [0.15, 0.2) is 47.5 Å². The van der Waals surface area contributed by atoms with E-state index in [4.69, 9.17) is 18.9 Å². The van der Waals surface area contributed by atoms with Gasteiger partial charge in [0.25, 0.3) is 0 Å². The van der Waals surface area contributed by atoms with E-state index in [0.29, 0.717) is 30.7 Å². The molecule has 0 radical (unpaired) electrons. The highest BCUT2D eigenvalue weighted by atomic mass is 16.5. The first-order valence-electron chi connectivity index (χ1n) is 11.2. The number of aliphatic imine (C=N–C) groups is 1. The Morgan fingerprint density at radius 3 is 2.34 bits per heavy atom. The molecule has 0 amide bonds. The lowest BCUT2D eigenvalue weighted by Gasteiger charge is -2.38. The summed E-state index contributed by atoms with van der Waals surface area (Å²) < 4.78 is 22.4. The highest BCUT2D eigenvalue weighted by molar-refractivity contribution is 5.94. The summed E-state index contributed by atoms with van der Waals surface area (Å²) >= 11 is 0. The van der Waals surface area contributed by atoms with Crippen molar-refractivity contribution in [2.45, 2.75) is 32.1 Å². The maximum absolute atomic E-state index is 5.69. The molecule has 0 atom stereocenters. The third-order valence-corrected chi connectivity index (χ3v) is 5.77. The van der Waals surface area contributed by atoms with Gasteiger partial charge in [-0.3, -0.25) is 4.99 Å². The Kier molecular flexibility index (Phi) is 8.62. The zero-order valence-electron chi connectivity index (χ0n) is 19.6. The van der Waals surface area contributed by atoms with Crippen molar-refractivity contribution >= 4 is 11.6 Å². The zero-order valence-corrected chi connectivity index (χ0v) is 19.6. The minimum Gasteiger partial charge on any atom is -0.494 e. The van der Waals surface area contributed by atoms with Crippen LogP contribution >= 0.6 is 0 Å². The van der Waals surface area contributed by atoms with Gasteiger partial charge in [0.05, 0.1) is 20.3 Å². The first-order valence-corrected chi connectivity index (χ1v) is 11.2. The van der Waals surface area contributed by atoms with Crippen molar-refractivity contribution in [3.63, 3.8) is 0 Å². The number of nitrogens with one attached hydrogen (secondary N) is 2. The van der Waals surface area contributed by atoms with Crippen molar-refractivity contribution in [2.75, 3.05) is 52.4 Å². The molecule has 0 unspecified atom stereocenters. The quantitative estimate of drug-likeness (QED) is 0.448. The van der Waals surface area contributed by atoms with Crippen molar-refractivity contribution < 1.29 is 18.9 Å². The molecule has 0 saturated carbocycles. The number of anilines is 1. The summed E-state index contributed by atoms with van der Waals surface area (Å²) in [6.07, 6.45) is 1.89. The van der Waals surface area contributed by atoms with Crippen LogP contribution in [0.3, 0.4) is 0 Å². The Hall–Kier alpha value is -2.93. The summed E-state index contributed by atoms with van der Waals surface area (Å²) in [5, 5.41) is 6.89. The van der Waals surface area contributed by atoms with E-state index >= 15 is 0 Å². The number of hydrogen-bond donors (Lipinski definition) is 2. The van der Waals surface area contributed by atoms with Crippen LogP contribution in [0, 0.1) is 0 Å². The summed E-state index contributed by atoms with van der Waals surface area (Å²) in [5.74, 6) is 3.01. The summed E-state index contributed by atoms with van der Waals surface area (Å²) in [5.41, 5.74) is 2.14. The van der Waals surface area contributed by atoms with Gasteiger partial charge in [-0.1, -0.05) is 12.1 Å². The van der Waals surface area contributed by atoms with Gasteiger partial charge in [-0.05, 0) is 56.5 Å². The van der Waals surface area contributed by atoms with E-state index in [1.54, 1.807) is 14.2 Å². The van der Waals surface area contributed by atoms with Crippen LogP contribution in [-0.4, -0.2) is 53.1 Å². The molecule has 32 heavy (non-hydrogen) atoms. The Bertz CT molecular complexity index is 877. The first kappa shape index (κ1) is 23.7. The second-order valence-electron chi connectivity index (χ2n) is 7.70. The van der Waals surface area contributed by atoms with E-state index in [1.165, 1.54) is 5.56 Å². The molecular formula is C25H35N3O4. The highest BCUT2D eigenvalue weighted by Gasteiger charge is 2.34. The van der Waals surface area contributed by atoms with Crippen molar-refractivity contribution in [1.29, 1.82) is 0 Å². The summed E-state index contributed by atoms with van der Waals surface area (Å²) in [4.78, 5) is 4.42. The van der Waals surface area contributed by atoms with Crippen molar-refractivity contribution in [3.8, 4) is 17.2 Å². The van der Waals surface area contributed by atoms with Crippen LogP contribution < -0.4 is 24.8 Å². The lowest BCUT2D eigenvalue weighted by molar-refractivity contribution is 0.0514. The fourth-order valence-electron chi connectivity index (χ4n) is 3.99. The van der Waals surface area contributed by atoms with Gasteiger partial charge in [-0.25, -0.2) is 0 Å². The van der Waals surface area contributed by atoms with Crippen LogP contribution in [0.4, 0.5) is 5.69 Å². The van der Waals surface area contributed by atoms with Gasteiger partial charge in [0.15, 0.2) is 17.5 Å². The molecule has 1 fully saturated rings. The normalized spacial score (nSPS) is 15.7. The molecule has 1 aliphatic rings. The molecule has 1 saturated heterocycles. The van der Waals surface area contributed by atoms with Gasteiger partial charge in [-0.2, -0.15) is 0 Å². The van der Waals surface area contributed by atoms with E-state index in [0.717, 1.165) is 44.0 Å². The SMILES string of the molecule is CCOc1ccc(C2(CNC(=NC)Nc3ccc(OC)c(OCC)c3)CCOCC2)cc1. The molecule has 0 aliphatic carbocycles. The van der Waals surface area contributed by atoms with Crippen LogP contribution in [0.25, 0.3) is 0 Å². The smallest absolute Gasteiger partial charge is 0.195 e. The fourth-order valence-corrected chi connectivity index (χ4v) is 3.99. The van der Waals surface area contributed by atoms with Gasteiger partial charge in [-0.15, -0.1) is 0 Å². The molecular weight excluding hydrogens is 406 g/mol. The lowest BCUT2D eigenvalue weighted by atomic mass is 9.74. The third-order valence-electron chi connectivity index (χ3n) is 5.77. The predicted molar refractivity (Wildman–Crippen MR) is 128 cm³/mol. The number of benzene rings is 2. The highest BCUT2D eigenvalue weighted by Crippen LogP contribution is 2.35. The predicted octanol–water partition coefficient (Wildman–Crippen LogP) is 4.23. The fraction of sp³-hybridized carbons (Fsp3) is 0.480. The van der Waals surface area contributed by atoms with Crippen LogP contribution in [0.2, 0.25) is 0 Å². The summed E-state index contributed by atoms with van der Waals surface area (Å²) in [6.45, 7) is 7.43. The standard InChI is InChI=1S/C25H35N3O4/c1-5-31-21-10-7-19(8-11-21)25(13-15-30-16-14-25)18-27-24(26-3)28-20-9-12-22(29-4)23(17-20)32-6-2/h7-12,17H,5-6,13-16,18H2,1-4H3,(H2,26,27,28). The van der Waals surface area contributed by atoms with E-state index in [9.17, 15) is 0 Å². The molecule has 0 aromatic heterocycles. The molecule has 2 N–H and O–H groups in total. The largest absolute Gasteiger partial charge is 0.494 e. The van der Waals surface area contributed by atoms with E-state index in [1.807, 2.05) is 32.0 Å². The second kappa shape index (κ2) is 11.6. The Morgan fingerprint density at radius 2 is 1.72 bits per heavy atom. The molecule has 2 aromatic carbocycles. The minimum absolute atomic E-state index is 0.0307. The number of nitrogens with zero attached hydrogens (tertiary/aromatic N) is 1. The van der Waals surface area contributed by atoms with E-state index in [-0.39, 0.29) is 5.41 Å². The third kappa shape index (κ3) is 5.85. The number of rotatable bonds is 9. The minimum atomic E-state index is -0.0307. The van der Waals surface area contributed by atoms with Crippen molar-refractivity contribution in [1.82, 2.24) is 5.32 Å². The molecule has 1 aliphatic heterocycles. The van der Waals surface area contributed by atoms with Crippen LogP contribution in [0.1, 0.15) is 32.3 Å². The molecule has 0 bridgehead atoms. The van der Waals surface area contributed by atoms with E-state index < -0.39 is 0 Å². The molecule has 2 aromatic rings. The maximum atomic E-state index is 5.69. The Morgan fingerprint density at radius 1 is 1.00 bits per heavy atom. The molecule has 1 heterocycles. The number of hydrogen-bond acceptors (Lipinski definition) is 5. The topological polar surface area (TPSA) is 73.3 Å². The Labute approximate surface area is 191 Å². The van der Waals surface area contributed by atoms with Gasteiger partial charge >= 0.3 is 0 Å². The number of methoxy groups -OCH3 is 1. The van der Waals surface area contributed by atoms with Crippen molar-refractivity contribution in [2.24, 2.45) is 4.99 Å². The number of ether oxygens (including phenoxy) is 4. The van der Waals surface area contributed by atoms with Gasteiger partial charge in [0, 0.05) is 44.0 Å². The molecule has 3 rings (SSSR count). The summed E-state index contributed by atoms with van der Waals surface area (Å²) in [6, 6.07) is 14.2. The van der Waals surface area contributed by atoms with Crippen molar-refractivity contribution in [3.05, 3.63) is 48.0 Å². The van der Waals surface area contributed by atoms with E-state index in [2.05, 4.69) is 39.9 Å². The molecule has 0 spiro atoms. The molecule has 7 nitrogen and oxygen atoms in total. The zero-order chi connectivity index (χ0) is 22.8. The van der Waals surface area contributed by atoms with Gasteiger partial charge in [0.2, 0.25) is 0 Å². The van der Waals surface area contributed by atoms with Gasteiger partial charge < -0.3 is 29.6 Å². The van der Waals surface area contributed by atoms with Crippen LogP contribution in [0.5, 0.6) is 17.2 Å². The average molecular weight is 442 g/mol. The Balaban J connectivity index is 1.72.